The first-order chi connectivity index (χ1) is 20.5. The van der Waals surface area contributed by atoms with Crippen LogP contribution in [0.1, 0.15) is 82.1 Å². The molecule has 0 amide bonds. The first kappa shape index (κ1) is 37.2. The van der Waals surface area contributed by atoms with E-state index in [0.29, 0.717) is 12.8 Å². The minimum atomic E-state index is -0.768. The van der Waals surface area contributed by atoms with E-state index in [1.54, 1.807) is 0 Å². The van der Waals surface area contributed by atoms with Gasteiger partial charge in [-0.05, 0) is 65.5 Å². The third kappa shape index (κ3) is 10.3. The van der Waals surface area contributed by atoms with Crippen LogP contribution in [0.5, 0.6) is 0 Å². The van der Waals surface area contributed by atoms with Gasteiger partial charge in [0.2, 0.25) is 0 Å². The maximum absolute atomic E-state index is 10.4. The number of aliphatic hydroxyl groups excluding tert-OH is 4. The van der Waals surface area contributed by atoms with E-state index < -0.39 is 35.2 Å². The molecule has 4 N–H and O–H groups in total. The molecule has 2 rings (SSSR count). The van der Waals surface area contributed by atoms with E-state index >= 15 is 0 Å². The van der Waals surface area contributed by atoms with Crippen LogP contribution in [-0.4, -0.2) is 44.8 Å². The molecule has 0 aromatic carbocycles. The normalized spacial score (nSPS) is 27.9. The molecule has 0 spiro atoms. The summed E-state index contributed by atoms with van der Waals surface area (Å²) in [5.41, 5.74) is 7.93. The summed E-state index contributed by atoms with van der Waals surface area (Å²) in [6.45, 7) is 20.2. The van der Waals surface area contributed by atoms with Gasteiger partial charge in [0.25, 0.3) is 0 Å². The van der Waals surface area contributed by atoms with Gasteiger partial charge in [-0.3, -0.25) is 0 Å². The molecule has 0 aromatic rings. The van der Waals surface area contributed by atoms with Gasteiger partial charge >= 0.3 is 0 Å². The highest BCUT2D eigenvalue weighted by Gasteiger charge is 2.41. The molecular formula is C40H56O4. The molecule has 4 atom stereocenters. The predicted octanol–water partition coefficient (Wildman–Crippen LogP) is 8.49. The van der Waals surface area contributed by atoms with Gasteiger partial charge in [0.15, 0.2) is 0 Å². The van der Waals surface area contributed by atoms with Crippen LogP contribution in [0.25, 0.3) is 0 Å². The fraction of sp³-hybridized carbons (Fsp3) is 0.450. The van der Waals surface area contributed by atoms with Crippen LogP contribution in [0.4, 0.5) is 0 Å². The lowest BCUT2D eigenvalue weighted by Crippen LogP contribution is -2.44. The first-order valence-corrected chi connectivity index (χ1v) is 15.7. The van der Waals surface area contributed by atoms with E-state index in [4.69, 9.17) is 0 Å². The molecule has 240 valence electrons. The van der Waals surface area contributed by atoms with Crippen molar-refractivity contribution in [1.82, 2.24) is 0 Å². The molecule has 0 bridgehead atoms. The zero-order valence-electron chi connectivity index (χ0n) is 28.6. The molecule has 0 heterocycles. The Hall–Kier alpha value is -3.02. The third-order valence-electron chi connectivity index (χ3n) is 8.84. The Balaban J connectivity index is 1.94. The van der Waals surface area contributed by atoms with Gasteiger partial charge in [-0.15, -0.1) is 0 Å². The maximum atomic E-state index is 10.4. The fourth-order valence-corrected chi connectivity index (χ4v) is 5.93. The van der Waals surface area contributed by atoms with Crippen molar-refractivity contribution in [2.45, 2.75) is 106 Å². The summed E-state index contributed by atoms with van der Waals surface area (Å²) in [7, 11) is 0. The molecule has 0 radical (unpaired) electrons. The second kappa shape index (κ2) is 16.3. The molecule has 4 heteroatoms. The van der Waals surface area contributed by atoms with E-state index in [-0.39, 0.29) is 0 Å². The Morgan fingerprint density at radius 3 is 1.16 bits per heavy atom. The number of allylic oxidation sites excluding steroid dienone is 18. The minimum Gasteiger partial charge on any atom is -0.390 e. The zero-order valence-corrected chi connectivity index (χ0v) is 28.6. The Bertz CT molecular complexity index is 1260. The highest BCUT2D eigenvalue weighted by Crippen LogP contribution is 2.42. The second-order valence-corrected chi connectivity index (χ2v) is 13.7. The SMILES string of the molecule is CC1=C(/C=C/C(C)=C/C=C/C(C)=C/C=C/C=C(C)/C=C/C=C(C)/C=C/C2=C(C)CC(O)C(O)C2(C)C)C(C)(C)C(O)C(O)C1. The number of aliphatic hydroxyl groups is 4. The monoisotopic (exact) mass is 600 g/mol. The van der Waals surface area contributed by atoms with Gasteiger partial charge in [-0.1, -0.05) is 146 Å². The molecule has 44 heavy (non-hydrogen) atoms. The van der Waals surface area contributed by atoms with Gasteiger partial charge in [0.1, 0.15) is 0 Å². The highest BCUT2D eigenvalue weighted by atomic mass is 16.3. The number of hydrogen-bond acceptors (Lipinski definition) is 4. The molecule has 2 aliphatic rings. The number of hydrogen-bond donors (Lipinski definition) is 4. The van der Waals surface area contributed by atoms with Crippen molar-refractivity contribution in [3.63, 3.8) is 0 Å². The lowest BCUT2D eigenvalue weighted by Gasteiger charge is -2.40. The predicted molar refractivity (Wildman–Crippen MR) is 187 cm³/mol. The molecule has 4 nitrogen and oxygen atoms in total. The summed E-state index contributed by atoms with van der Waals surface area (Å²) in [5.74, 6) is 0. The molecule has 0 saturated heterocycles. The van der Waals surface area contributed by atoms with E-state index in [1.807, 2.05) is 65.8 Å². The molecule has 4 unspecified atom stereocenters. The summed E-state index contributed by atoms with van der Waals surface area (Å²) in [6.07, 6.45) is 26.9. The van der Waals surface area contributed by atoms with Crippen LogP contribution >= 0.6 is 0 Å². The standard InChI is InChI=1S/C40H56O4/c1-27(17-13-19-29(3)21-23-33-31(5)25-35(41)37(43)39(33,7)8)15-11-12-16-28(2)18-14-20-30(4)22-24-34-32(6)26-36(42)38(44)40(34,9)10/h11-24,35-38,41-44H,25-26H2,1-10H3/b12-11+,17-13+,18-14+,23-21+,24-22+,27-15+,28-16+,29-19+,30-20+. The van der Waals surface area contributed by atoms with E-state index in [0.717, 1.165) is 44.6 Å². The summed E-state index contributed by atoms with van der Waals surface area (Å²) < 4.78 is 0. The van der Waals surface area contributed by atoms with Crippen molar-refractivity contribution >= 4 is 0 Å². The van der Waals surface area contributed by atoms with Gasteiger partial charge in [-0.2, -0.15) is 0 Å². The van der Waals surface area contributed by atoms with Crippen molar-refractivity contribution in [3.05, 3.63) is 130 Å². The van der Waals surface area contributed by atoms with Crippen molar-refractivity contribution in [3.8, 4) is 0 Å². The van der Waals surface area contributed by atoms with Gasteiger partial charge in [0, 0.05) is 10.8 Å². The summed E-state index contributed by atoms with van der Waals surface area (Å²) in [4.78, 5) is 0. The van der Waals surface area contributed by atoms with E-state index in [2.05, 4.69) is 88.5 Å². The van der Waals surface area contributed by atoms with Crippen LogP contribution in [-0.2, 0) is 0 Å². The smallest absolute Gasteiger partial charge is 0.0893 e. The van der Waals surface area contributed by atoms with Crippen molar-refractivity contribution in [1.29, 1.82) is 0 Å². The van der Waals surface area contributed by atoms with Crippen molar-refractivity contribution in [2.75, 3.05) is 0 Å². The topological polar surface area (TPSA) is 80.9 Å². The second-order valence-electron chi connectivity index (χ2n) is 13.7. The van der Waals surface area contributed by atoms with Crippen LogP contribution in [0.3, 0.4) is 0 Å². The Morgan fingerprint density at radius 1 is 0.523 bits per heavy atom. The Kier molecular flexibility index (Phi) is 13.8. The highest BCUT2D eigenvalue weighted by molar-refractivity contribution is 5.40. The van der Waals surface area contributed by atoms with Gasteiger partial charge in [-0.25, -0.2) is 0 Å². The van der Waals surface area contributed by atoms with Gasteiger partial charge < -0.3 is 20.4 Å². The molecule has 0 aliphatic heterocycles. The molecule has 2 aliphatic carbocycles. The van der Waals surface area contributed by atoms with Crippen molar-refractivity contribution in [2.24, 2.45) is 10.8 Å². The zero-order chi connectivity index (χ0) is 33.2. The third-order valence-corrected chi connectivity index (χ3v) is 8.84. The lowest BCUT2D eigenvalue weighted by atomic mass is 9.69. The Morgan fingerprint density at radius 2 is 0.818 bits per heavy atom. The average Bonchev–Trinajstić information content (AvgIpc) is 2.92. The molecule has 0 fully saturated rings. The van der Waals surface area contributed by atoms with Crippen LogP contribution in [0, 0.1) is 10.8 Å². The van der Waals surface area contributed by atoms with Gasteiger partial charge in [0.05, 0.1) is 24.4 Å². The van der Waals surface area contributed by atoms with E-state index in [1.165, 1.54) is 0 Å². The van der Waals surface area contributed by atoms with Crippen LogP contribution in [0.2, 0.25) is 0 Å². The minimum absolute atomic E-state index is 0.489. The summed E-state index contributed by atoms with van der Waals surface area (Å²) >= 11 is 0. The lowest BCUT2D eigenvalue weighted by molar-refractivity contribution is -0.0439. The number of rotatable bonds is 10. The summed E-state index contributed by atoms with van der Waals surface area (Å²) in [5, 5.41) is 41.1. The summed E-state index contributed by atoms with van der Waals surface area (Å²) in [6, 6.07) is 0. The fourth-order valence-electron chi connectivity index (χ4n) is 5.93. The van der Waals surface area contributed by atoms with Crippen LogP contribution < -0.4 is 0 Å². The quantitative estimate of drug-likeness (QED) is 0.190. The molecule has 0 aromatic heterocycles. The average molecular weight is 601 g/mol. The van der Waals surface area contributed by atoms with Crippen LogP contribution in [0.15, 0.2) is 130 Å². The largest absolute Gasteiger partial charge is 0.390 e. The van der Waals surface area contributed by atoms with E-state index in [9.17, 15) is 20.4 Å². The van der Waals surface area contributed by atoms with Crippen molar-refractivity contribution < 1.29 is 20.4 Å². The first-order valence-electron chi connectivity index (χ1n) is 15.7. The maximum Gasteiger partial charge on any atom is 0.0893 e. The molecular weight excluding hydrogens is 544 g/mol. The Labute approximate surface area is 267 Å². The molecule has 0 saturated carbocycles.